The van der Waals surface area contributed by atoms with Gasteiger partial charge in [0, 0.05) is 0 Å². The predicted octanol–water partition coefficient (Wildman–Crippen LogP) is 2.88. The first-order chi connectivity index (χ1) is 9.20. The van der Waals surface area contributed by atoms with Crippen molar-refractivity contribution in [2.75, 3.05) is 13.7 Å². The van der Waals surface area contributed by atoms with Crippen LogP contribution in [0.5, 0.6) is 5.75 Å². The van der Waals surface area contributed by atoms with Crippen LogP contribution in [0.15, 0.2) is 24.3 Å². The Hall–Kier alpha value is -1.60. The fourth-order valence-corrected chi connectivity index (χ4v) is 2.85. The second kappa shape index (κ2) is 6.03. The normalized spacial score (nSPS) is 26.1. The zero-order valence-corrected chi connectivity index (χ0v) is 11.2. The van der Waals surface area contributed by atoms with E-state index in [1.165, 1.54) is 12.1 Å². The van der Waals surface area contributed by atoms with Crippen LogP contribution in [0.2, 0.25) is 0 Å². The van der Waals surface area contributed by atoms with E-state index in [0.717, 1.165) is 25.7 Å². The summed E-state index contributed by atoms with van der Waals surface area (Å²) >= 11 is 0. The van der Waals surface area contributed by atoms with E-state index in [-0.39, 0.29) is 5.82 Å². The van der Waals surface area contributed by atoms with Crippen molar-refractivity contribution in [3.8, 4) is 11.8 Å². The van der Waals surface area contributed by atoms with Gasteiger partial charge in [-0.15, -0.1) is 0 Å². The first-order valence-electron chi connectivity index (χ1n) is 6.69. The topological polar surface area (TPSA) is 45.0 Å². The van der Waals surface area contributed by atoms with Crippen LogP contribution >= 0.6 is 0 Å². The number of rotatable bonds is 5. The van der Waals surface area contributed by atoms with Gasteiger partial charge >= 0.3 is 0 Å². The molecule has 0 aromatic heterocycles. The molecule has 2 rings (SSSR count). The SMILES string of the molecule is CNC1(C#N)CCCC1CCOc1ccc(F)cc1. The molecule has 19 heavy (non-hydrogen) atoms. The van der Waals surface area contributed by atoms with Gasteiger partial charge in [0.15, 0.2) is 0 Å². The summed E-state index contributed by atoms with van der Waals surface area (Å²) in [5, 5.41) is 12.5. The maximum Gasteiger partial charge on any atom is 0.123 e. The Labute approximate surface area is 113 Å². The number of halogens is 1. The Bertz CT molecular complexity index is 454. The number of hydrogen-bond donors (Lipinski definition) is 1. The molecule has 4 heteroatoms. The van der Waals surface area contributed by atoms with E-state index < -0.39 is 5.54 Å². The molecular formula is C15H19FN2O. The highest BCUT2D eigenvalue weighted by Crippen LogP contribution is 2.37. The zero-order valence-electron chi connectivity index (χ0n) is 11.2. The molecule has 0 heterocycles. The van der Waals surface area contributed by atoms with Gasteiger partial charge < -0.3 is 10.1 Å². The summed E-state index contributed by atoms with van der Waals surface area (Å²) in [6.07, 6.45) is 3.88. The van der Waals surface area contributed by atoms with Crippen molar-refractivity contribution in [2.45, 2.75) is 31.2 Å². The molecule has 0 spiro atoms. The number of hydrogen-bond acceptors (Lipinski definition) is 3. The molecule has 1 aliphatic rings. The van der Waals surface area contributed by atoms with E-state index >= 15 is 0 Å². The molecule has 1 saturated carbocycles. The van der Waals surface area contributed by atoms with Crippen molar-refractivity contribution in [1.29, 1.82) is 5.26 Å². The highest BCUT2D eigenvalue weighted by Gasteiger charge is 2.41. The Morgan fingerprint density at radius 1 is 1.47 bits per heavy atom. The minimum absolute atomic E-state index is 0.262. The van der Waals surface area contributed by atoms with Crippen molar-refractivity contribution in [1.82, 2.24) is 5.32 Å². The first kappa shape index (κ1) is 13.8. The lowest BCUT2D eigenvalue weighted by molar-refractivity contribution is 0.239. The van der Waals surface area contributed by atoms with Crippen LogP contribution < -0.4 is 10.1 Å². The van der Waals surface area contributed by atoms with Gasteiger partial charge in [0.25, 0.3) is 0 Å². The van der Waals surface area contributed by atoms with Crippen LogP contribution in [0.4, 0.5) is 4.39 Å². The summed E-state index contributed by atoms with van der Waals surface area (Å²) < 4.78 is 18.3. The molecule has 102 valence electrons. The smallest absolute Gasteiger partial charge is 0.123 e. The summed E-state index contributed by atoms with van der Waals surface area (Å²) in [5.74, 6) is 0.733. The molecule has 0 amide bonds. The third-order valence-corrected chi connectivity index (χ3v) is 4.01. The summed E-state index contributed by atoms with van der Waals surface area (Å²) in [7, 11) is 1.85. The minimum Gasteiger partial charge on any atom is -0.494 e. The maximum absolute atomic E-state index is 12.7. The highest BCUT2D eigenvalue weighted by molar-refractivity contribution is 5.22. The minimum atomic E-state index is -0.397. The van der Waals surface area contributed by atoms with Gasteiger partial charge in [-0.25, -0.2) is 4.39 Å². The molecular weight excluding hydrogens is 243 g/mol. The fourth-order valence-electron chi connectivity index (χ4n) is 2.85. The van der Waals surface area contributed by atoms with E-state index in [2.05, 4.69) is 11.4 Å². The number of nitrogens with zero attached hydrogens (tertiary/aromatic N) is 1. The first-order valence-corrected chi connectivity index (χ1v) is 6.69. The molecule has 1 fully saturated rings. The maximum atomic E-state index is 12.7. The molecule has 2 atom stereocenters. The van der Waals surface area contributed by atoms with Crippen molar-refractivity contribution < 1.29 is 9.13 Å². The standard InChI is InChI=1S/C15H19FN2O/c1-18-15(11-17)9-2-3-12(15)8-10-19-14-6-4-13(16)5-7-14/h4-7,12,18H,2-3,8-10H2,1H3. The molecule has 2 unspecified atom stereocenters. The number of ether oxygens (including phenoxy) is 1. The Balaban J connectivity index is 1.86. The van der Waals surface area contributed by atoms with Gasteiger partial charge in [0.05, 0.1) is 12.7 Å². The molecule has 0 aliphatic heterocycles. The molecule has 1 aromatic rings. The Morgan fingerprint density at radius 2 is 2.21 bits per heavy atom. The molecule has 0 radical (unpaired) electrons. The highest BCUT2D eigenvalue weighted by atomic mass is 19.1. The summed E-state index contributed by atoms with van der Waals surface area (Å²) in [6.45, 7) is 0.557. The van der Waals surface area contributed by atoms with Gasteiger partial charge in [-0.1, -0.05) is 6.42 Å². The second-order valence-electron chi connectivity index (χ2n) is 5.01. The summed E-state index contributed by atoms with van der Waals surface area (Å²) in [5.41, 5.74) is -0.397. The van der Waals surface area contributed by atoms with E-state index in [1.54, 1.807) is 12.1 Å². The summed E-state index contributed by atoms with van der Waals surface area (Å²) in [6, 6.07) is 8.44. The lowest BCUT2D eigenvalue weighted by Gasteiger charge is -2.28. The van der Waals surface area contributed by atoms with Crippen molar-refractivity contribution >= 4 is 0 Å². The van der Waals surface area contributed by atoms with E-state index in [4.69, 9.17) is 4.74 Å². The lowest BCUT2D eigenvalue weighted by Crippen LogP contribution is -2.45. The molecule has 1 N–H and O–H groups in total. The van der Waals surface area contributed by atoms with E-state index in [1.807, 2.05) is 7.05 Å². The van der Waals surface area contributed by atoms with Crippen LogP contribution in [0.3, 0.4) is 0 Å². The lowest BCUT2D eigenvalue weighted by atomic mass is 9.86. The van der Waals surface area contributed by atoms with Crippen LogP contribution in [0.25, 0.3) is 0 Å². The molecule has 0 saturated heterocycles. The zero-order chi connectivity index (χ0) is 13.7. The summed E-state index contributed by atoms with van der Waals surface area (Å²) in [4.78, 5) is 0. The van der Waals surface area contributed by atoms with Crippen LogP contribution in [0.1, 0.15) is 25.7 Å². The Kier molecular flexibility index (Phi) is 4.39. The molecule has 0 bridgehead atoms. The molecule has 1 aliphatic carbocycles. The van der Waals surface area contributed by atoms with Gasteiger partial charge in [-0.05, 0) is 56.5 Å². The number of nitrogens with one attached hydrogen (secondary N) is 1. The predicted molar refractivity (Wildman–Crippen MR) is 71.3 cm³/mol. The average Bonchev–Trinajstić information content (AvgIpc) is 2.84. The van der Waals surface area contributed by atoms with Crippen molar-refractivity contribution in [3.05, 3.63) is 30.1 Å². The number of benzene rings is 1. The van der Waals surface area contributed by atoms with Gasteiger partial charge in [0.2, 0.25) is 0 Å². The van der Waals surface area contributed by atoms with E-state index in [9.17, 15) is 9.65 Å². The van der Waals surface area contributed by atoms with Crippen LogP contribution in [-0.2, 0) is 0 Å². The fraction of sp³-hybridized carbons (Fsp3) is 0.533. The molecule has 3 nitrogen and oxygen atoms in total. The Morgan fingerprint density at radius 3 is 2.84 bits per heavy atom. The van der Waals surface area contributed by atoms with E-state index in [0.29, 0.717) is 18.3 Å². The van der Waals surface area contributed by atoms with Crippen LogP contribution in [0, 0.1) is 23.1 Å². The third kappa shape index (κ3) is 3.05. The quantitative estimate of drug-likeness (QED) is 0.887. The monoisotopic (exact) mass is 262 g/mol. The molecule has 1 aromatic carbocycles. The van der Waals surface area contributed by atoms with Crippen molar-refractivity contribution in [2.24, 2.45) is 5.92 Å². The van der Waals surface area contributed by atoms with Crippen molar-refractivity contribution in [3.63, 3.8) is 0 Å². The van der Waals surface area contributed by atoms with Gasteiger partial charge in [-0.2, -0.15) is 5.26 Å². The van der Waals surface area contributed by atoms with Gasteiger partial charge in [0.1, 0.15) is 17.1 Å². The van der Waals surface area contributed by atoms with Crippen LogP contribution in [-0.4, -0.2) is 19.2 Å². The largest absolute Gasteiger partial charge is 0.494 e. The second-order valence-corrected chi connectivity index (χ2v) is 5.01. The average molecular weight is 262 g/mol. The van der Waals surface area contributed by atoms with Gasteiger partial charge in [-0.3, -0.25) is 0 Å². The number of nitriles is 1. The third-order valence-electron chi connectivity index (χ3n) is 4.01.